The Kier molecular flexibility index (Phi) is 3.81. The highest BCUT2D eigenvalue weighted by Crippen LogP contribution is 2.19. The van der Waals surface area contributed by atoms with Crippen molar-refractivity contribution >= 4 is 0 Å². The molecule has 0 N–H and O–H groups in total. The molecule has 2 nitrogen and oxygen atoms in total. The first-order chi connectivity index (χ1) is 8.31. The van der Waals surface area contributed by atoms with Gasteiger partial charge in [-0.2, -0.15) is 4.39 Å². The van der Waals surface area contributed by atoms with Crippen molar-refractivity contribution in [2.75, 3.05) is 0 Å². The molecule has 0 radical (unpaired) electrons. The lowest BCUT2D eigenvalue weighted by Gasteiger charge is -2.04. The maximum atomic E-state index is 13.6. The van der Waals surface area contributed by atoms with Gasteiger partial charge in [0, 0.05) is 5.56 Å². The molecule has 3 heteroatoms. The van der Waals surface area contributed by atoms with Crippen LogP contribution in [-0.2, 0) is 6.42 Å². The van der Waals surface area contributed by atoms with Crippen LogP contribution < -0.4 is 0 Å². The third-order valence-corrected chi connectivity index (χ3v) is 2.61. The van der Waals surface area contributed by atoms with E-state index in [1.807, 2.05) is 30.3 Å². The minimum atomic E-state index is -0.503. The lowest BCUT2D eigenvalue weighted by Crippen LogP contribution is -1.99. The number of aryl methyl sites for hydroxylation is 1. The van der Waals surface area contributed by atoms with Gasteiger partial charge in [-0.15, -0.1) is 0 Å². The zero-order valence-corrected chi connectivity index (χ0v) is 9.86. The summed E-state index contributed by atoms with van der Waals surface area (Å²) in [5, 5.41) is 0. The SMILES string of the molecule is CCCCc1cnc(F)c(-c2ccccc2)n1. The number of halogens is 1. The number of rotatable bonds is 4. The van der Waals surface area contributed by atoms with Crippen molar-refractivity contribution in [3.63, 3.8) is 0 Å². The molecule has 0 saturated heterocycles. The van der Waals surface area contributed by atoms with Gasteiger partial charge >= 0.3 is 0 Å². The summed E-state index contributed by atoms with van der Waals surface area (Å²) in [6.45, 7) is 2.12. The van der Waals surface area contributed by atoms with Crippen LogP contribution in [0.1, 0.15) is 25.5 Å². The number of unbranched alkanes of at least 4 members (excludes halogenated alkanes) is 1. The summed E-state index contributed by atoms with van der Waals surface area (Å²) in [5.41, 5.74) is 1.97. The van der Waals surface area contributed by atoms with Crippen LogP contribution in [-0.4, -0.2) is 9.97 Å². The maximum absolute atomic E-state index is 13.6. The summed E-state index contributed by atoms with van der Waals surface area (Å²) < 4.78 is 13.6. The quantitative estimate of drug-likeness (QED) is 0.801. The van der Waals surface area contributed by atoms with Crippen molar-refractivity contribution in [2.45, 2.75) is 26.2 Å². The van der Waals surface area contributed by atoms with Crippen molar-refractivity contribution in [3.8, 4) is 11.3 Å². The van der Waals surface area contributed by atoms with E-state index in [-0.39, 0.29) is 0 Å². The zero-order chi connectivity index (χ0) is 12.1. The molecular weight excluding hydrogens is 215 g/mol. The van der Waals surface area contributed by atoms with Crippen LogP contribution in [0.15, 0.2) is 36.5 Å². The van der Waals surface area contributed by atoms with Crippen molar-refractivity contribution in [2.24, 2.45) is 0 Å². The molecule has 0 atom stereocenters. The normalized spacial score (nSPS) is 10.5. The van der Waals surface area contributed by atoms with Gasteiger partial charge in [-0.25, -0.2) is 9.97 Å². The lowest BCUT2D eigenvalue weighted by molar-refractivity contribution is 0.577. The van der Waals surface area contributed by atoms with E-state index in [0.29, 0.717) is 5.69 Å². The molecule has 0 spiro atoms. The van der Waals surface area contributed by atoms with E-state index in [1.165, 1.54) is 6.20 Å². The molecule has 2 aromatic rings. The van der Waals surface area contributed by atoms with Crippen LogP contribution in [0.4, 0.5) is 4.39 Å². The standard InChI is InChI=1S/C14H15FN2/c1-2-3-9-12-10-16-14(15)13(17-12)11-7-5-4-6-8-11/h4-8,10H,2-3,9H2,1H3. The molecule has 0 unspecified atom stereocenters. The minimum Gasteiger partial charge on any atom is -0.246 e. The summed E-state index contributed by atoms with van der Waals surface area (Å²) in [4.78, 5) is 8.12. The van der Waals surface area contributed by atoms with Gasteiger partial charge < -0.3 is 0 Å². The Balaban J connectivity index is 2.33. The van der Waals surface area contributed by atoms with Crippen LogP contribution in [0.3, 0.4) is 0 Å². The van der Waals surface area contributed by atoms with Gasteiger partial charge in [-0.3, -0.25) is 0 Å². The smallest absolute Gasteiger partial charge is 0.239 e. The second kappa shape index (κ2) is 5.53. The third-order valence-electron chi connectivity index (χ3n) is 2.61. The highest BCUT2D eigenvalue weighted by molar-refractivity contribution is 5.58. The van der Waals surface area contributed by atoms with Gasteiger partial charge in [-0.05, 0) is 12.8 Å². The summed E-state index contributed by atoms with van der Waals surface area (Å²) in [6, 6.07) is 9.33. The van der Waals surface area contributed by atoms with Gasteiger partial charge in [0.05, 0.1) is 11.9 Å². The Bertz CT molecular complexity index is 483. The Morgan fingerprint density at radius 2 is 1.94 bits per heavy atom. The maximum Gasteiger partial charge on any atom is 0.239 e. The summed E-state index contributed by atoms with van der Waals surface area (Å²) in [6.07, 6.45) is 4.52. The van der Waals surface area contributed by atoms with Gasteiger partial charge in [0.2, 0.25) is 5.95 Å². The van der Waals surface area contributed by atoms with Gasteiger partial charge in [0.15, 0.2) is 0 Å². The molecule has 0 aliphatic carbocycles. The van der Waals surface area contributed by atoms with Crippen LogP contribution in [0, 0.1) is 5.95 Å². The fourth-order valence-corrected chi connectivity index (χ4v) is 1.67. The molecule has 2 rings (SSSR count). The van der Waals surface area contributed by atoms with Gasteiger partial charge in [-0.1, -0.05) is 43.7 Å². The summed E-state index contributed by atoms with van der Waals surface area (Å²) in [5.74, 6) is -0.503. The molecule has 1 aromatic heterocycles. The predicted octanol–water partition coefficient (Wildman–Crippen LogP) is 3.63. The second-order valence-electron chi connectivity index (χ2n) is 3.97. The molecule has 0 aliphatic heterocycles. The van der Waals surface area contributed by atoms with E-state index < -0.39 is 5.95 Å². The molecule has 0 saturated carbocycles. The zero-order valence-electron chi connectivity index (χ0n) is 9.86. The molecule has 17 heavy (non-hydrogen) atoms. The van der Waals surface area contributed by atoms with Crippen molar-refractivity contribution < 1.29 is 4.39 Å². The molecule has 0 fully saturated rings. The van der Waals surface area contributed by atoms with Crippen LogP contribution in [0.2, 0.25) is 0 Å². The van der Waals surface area contributed by atoms with Gasteiger partial charge in [0.1, 0.15) is 5.69 Å². The third kappa shape index (κ3) is 2.87. The van der Waals surface area contributed by atoms with Crippen molar-refractivity contribution in [1.82, 2.24) is 9.97 Å². The number of hydrogen-bond donors (Lipinski definition) is 0. The van der Waals surface area contributed by atoms with Crippen molar-refractivity contribution in [1.29, 1.82) is 0 Å². The average Bonchev–Trinajstić information content (AvgIpc) is 2.39. The number of hydrogen-bond acceptors (Lipinski definition) is 2. The first kappa shape index (κ1) is 11.7. The summed E-state index contributed by atoms with van der Waals surface area (Å²) >= 11 is 0. The van der Waals surface area contributed by atoms with E-state index >= 15 is 0 Å². The topological polar surface area (TPSA) is 25.8 Å². The number of aromatic nitrogens is 2. The predicted molar refractivity (Wildman–Crippen MR) is 66.0 cm³/mol. The molecule has 0 aliphatic rings. The largest absolute Gasteiger partial charge is 0.246 e. The Labute approximate surface area is 101 Å². The van der Waals surface area contributed by atoms with E-state index in [0.717, 1.165) is 30.5 Å². The van der Waals surface area contributed by atoms with E-state index in [1.54, 1.807) is 0 Å². The first-order valence-electron chi connectivity index (χ1n) is 5.88. The molecule has 1 heterocycles. The number of benzene rings is 1. The second-order valence-corrected chi connectivity index (χ2v) is 3.97. The Morgan fingerprint density at radius 1 is 1.18 bits per heavy atom. The minimum absolute atomic E-state index is 0.346. The molecule has 0 amide bonds. The highest BCUT2D eigenvalue weighted by Gasteiger charge is 2.08. The Hall–Kier alpha value is -1.77. The summed E-state index contributed by atoms with van der Waals surface area (Å²) in [7, 11) is 0. The monoisotopic (exact) mass is 230 g/mol. The van der Waals surface area contributed by atoms with Crippen LogP contribution in [0.25, 0.3) is 11.3 Å². The van der Waals surface area contributed by atoms with E-state index in [4.69, 9.17) is 0 Å². The van der Waals surface area contributed by atoms with Gasteiger partial charge in [0.25, 0.3) is 0 Å². The Morgan fingerprint density at radius 3 is 2.65 bits per heavy atom. The molecule has 88 valence electrons. The number of nitrogens with zero attached hydrogens (tertiary/aromatic N) is 2. The van der Waals surface area contributed by atoms with Crippen LogP contribution in [0.5, 0.6) is 0 Å². The first-order valence-corrected chi connectivity index (χ1v) is 5.88. The molecule has 0 bridgehead atoms. The lowest BCUT2D eigenvalue weighted by atomic mass is 10.1. The fraction of sp³-hybridized carbons (Fsp3) is 0.286. The molecule has 1 aromatic carbocycles. The fourth-order valence-electron chi connectivity index (χ4n) is 1.67. The molecular formula is C14H15FN2. The van der Waals surface area contributed by atoms with E-state index in [9.17, 15) is 4.39 Å². The van der Waals surface area contributed by atoms with E-state index in [2.05, 4.69) is 16.9 Å². The van der Waals surface area contributed by atoms with Crippen LogP contribution >= 0.6 is 0 Å². The average molecular weight is 230 g/mol. The van der Waals surface area contributed by atoms with Crippen molar-refractivity contribution in [3.05, 3.63) is 48.2 Å². The highest BCUT2D eigenvalue weighted by atomic mass is 19.1.